The van der Waals surface area contributed by atoms with E-state index in [9.17, 15) is 32.3 Å². The van der Waals surface area contributed by atoms with Gasteiger partial charge in [0.1, 0.15) is 17.5 Å². The summed E-state index contributed by atoms with van der Waals surface area (Å²) in [6.45, 7) is 3.91. The molecule has 1 aromatic carbocycles. The van der Waals surface area contributed by atoms with Crippen LogP contribution in [0.3, 0.4) is 0 Å². The zero-order valence-corrected chi connectivity index (χ0v) is 15.0. The molecule has 0 spiro atoms. The van der Waals surface area contributed by atoms with Gasteiger partial charge in [-0.15, -0.1) is 0 Å². The number of aliphatic carboxylic acids is 1. The number of hydrogen-bond donors (Lipinski definition) is 1. The van der Waals surface area contributed by atoms with Crippen molar-refractivity contribution in [2.24, 2.45) is 0 Å². The smallest absolute Gasteiger partial charge is 0.418 e. The minimum absolute atomic E-state index is 0.174. The van der Waals surface area contributed by atoms with E-state index >= 15 is 0 Å². The predicted octanol–water partition coefficient (Wildman–Crippen LogP) is 3.35. The maximum Gasteiger partial charge on any atom is 0.418 e. The lowest BCUT2D eigenvalue weighted by Crippen LogP contribution is -2.59. The molecule has 1 atom stereocenters. The maximum absolute atomic E-state index is 14.2. The van der Waals surface area contributed by atoms with Crippen molar-refractivity contribution in [1.29, 1.82) is 0 Å². The summed E-state index contributed by atoms with van der Waals surface area (Å²) in [5, 5.41) is 9.43. The minimum Gasteiger partial charge on any atom is -0.480 e. The Labute approximate surface area is 153 Å². The van der Waals surface area contributed by atoms with Gasteiger partial charge in [-0.1, -0.05) is 6.07 Å². The number of hydrogen-bond acceptors (Lipinski definition) is 4. The number of anilines is 1. The first-order valence-electron chi connectivity index (χ1n) is 8.14. The van der Waals surface area contributed by atoms with Gasteiger partial charge in [-0.05, 0) is 32.9 Å². The molecule has 1 fully saturated rings. The number of benzene rings is 1. The van der Waals surface area contributed by atoms with Crippen LogP contribution in [0.25, 0.3) is 0 Å². The van der Waals surface area contributed by atoms with E-state index in [1.165, 1.54) is 0 Å². The van der Waals surface area contributed by atoms with E-state index in [1.54, 1.807) is 20.8 Å². The Hall–Kier alpha value is -2.52. The Kier molecular flexibility index (Phi) is 5.58. The predicted molar refractivity (Wildman–Crippen MR) is 88.0 cm³/mol. The number of amides is 1. The van der Waals surface area contributed by atoms with Crippen LogP contribution in [0.1, 0.15) is 26.3 Å². The van der Waals surface area contributed by atoms with Crippen LogP contribution in [0.5, 0.6) is 0 Å². The van der Waals surface area contributed by atoms with Crippen LogP contribution < -0.4 is 4.90 Å². The van der Waals surface area contributed by atoms with Crippen LogP contribution in [-0.2, 0) is 15.7 Å². The van der Waals surface area contributed by atoms with E-state index in [0.717, 1.165) is 28.0 Å². The number of carbonyl (C=O) groups is 2. The summed E-state index contributed by atoms with van der Waals surface area (Å²) >= 11 is 0. The van der Waals surface area contributed by atoms with Gasteiger partial charge in [0.05, 0.1) is 11.3 Å². The second-order valence-corrected chi connectivity index (χ2v) is 7.11. The molecule has 1 aliphatic rings. The first kappa shape index (κ1) is 20.8. The number of rotatable bonds is 2. The highest BCUT2D eigenvalue weighted by Gasteiger charge is 2.42. The highest BCUT2D eigenvalue weighted by atomic mass is 19.4. The number of carbonyl (C=O) groups excluding carboxylic acids is 1. The van der Waals surface area contributed by atoms with Crippen molar-refractivity contribution in [2.45, 2.75) is 38.6 Å². The van der Waals surface area contributed by atoms with E-state index in [2.05, 4.69) is 0 Å². The van der Waals surface area contributed by atoms with Crippen LogP contribution in [0, 0.1) is 5.82 Å². The van der Waals surface area contributed by atoms with E-state index in [4.69, 9.17) is 4.74 Å². The number of carboxylic acids is 1. The molecule has 1 heterocycles. The normalized spacial score (nSPS) is 18.4. The summed E-state index contributed by atoms with van der Waals surface area (Å²) in [4.78, 5) is 25.7. The van der Waals surface area contributed by atoms with Crippen molar-refractivity contribution in [3.8, 4) is 0 Å². The van der Waals surface area contributed by atoms with Crippen molar-refractivity contribution >= 4 is 17.7 Å². The third-order valence-corrected chi connectivity index (χ3v) is 3.90. The van der Waals surface area contributed by atoms with Gasteiger partial charge in [0.25, 0.3) is 0 Å². The summed E-state index contributed by atoms with van der Waals surface area (Å²) in [7, 11) is 0. The summed E-state index contributed by atoms with van der Waals surface area (Å²) in [5.74, 6) is -2.53. The van der Waals surface area contributed by atoms with E-state index < -0.39 is 53.5 Å². The monoisotopic (exact) mass is 392 g/mol. The van der Waals surface area contributed by atoms with E-state index in [0.29, 0.717) is 0 Å². The summed E-state index contributed by atoms with van der Waals surface area (Å²) in [6, 6.07) is 1.07. The zero-order chi connectivity index (χ0) is 20.6. The van der Waals surface area contributed by atoms with Gasteiger partial charge in [-0.25, -0.2) is 14.0 Å². The fourth-order valence-electron chi connectivity index (χ4n) is 2.80. The molecule has 0 aliphatic carbocycles. The summed E-state index contributed by atoms with van der Waals surface area (Å²) < 4.78 is 59.0. The molecule has 0 bridgehead atoms. The standard InChI is InChI=1S/C17H20F4N2O4/c1-16(2,3)27-15(26)23-8-7-22(9-12(23)14(24)25)13-10(17(19,20)21)5-4-6-11(13)18/h4-6,12H,7-9H2,1-3H3,(H,24,25)/t12-/m0/s1. The summed E-state index contributed by atoms with van der Waals surface area (Å²) in [5.41, 5.74) is -2.79. The maximum atomic E-state index is 14.2. The Morgan fingerprint density at radius 3 is 2.33 bits per heavy atom. The van der Waals surface area contributed by atoms with Gasteiger partial charge in [-0.2, -0.15) is 13.2 Å². The third kappa shape index (κ3) is 4.81. The number of halogens is 4. The molecule has 150 valence electrons. The molecular formula is C17H20F4N2O4. The largest absolute Gasteiger partial charge is 0.480 e. The van der Waals surface area contributed by atoms with Crippen LogP contribution in [0.4, 0.5) is 28.0 Å². The number of ether oxygens (including phenoxy) is 1. The Morgan fingerprint density at radius 2 is 1.81 bits per heavy atom. The van der Waals surface area contributed by atoms with Gasteiger partial charge in [0.15, 0.2) is 0 Å². The Morgan fingerprint density at radius 1 is 1.19 bits per heavy atom. The first-order valence-corrected chi connectivity index (χ1v) is 8.14. The fraction of sp³-hybridized carbons (Fsp3) is 0.529. The molecule has 1 aromatic rings. The molecule has 2 rings (SSSR count). The second kappa shape index (κ2) is 7.24. The van der Waals surface area contributed by atoms with E-state index in [1.807, 2.05) is 0 Å². The highest BCUT2D eigenvalue weighted by molar-refractivity contribution is 5.81. The average molecular weight is 392 g/mol. The van der Waals surface area contributed by atoms with Gasteiger partial charge in [0, 0.05) is 19.6 Å². The third-order valence-electron chi connectivity index (χ3n) is 3.90. The van der Waals surface area contributed by atoms with Crippen LogP contribution in [0.15, 0.2) is 18.2 Å². The molecule has 0 saturated carbocycles. The quantitative estimate of drug-likeness (QED) is 0.782. The number of para-hydroxylation sites is 1. The lowest BCUT2D eigenvalue weighted by Gasteiger charge is -2.41. The highest BCUT2D eigenvalue weighted by Crippen LogP contribution is 2.38. The van der Waals surface area contributed by atoms with Crippen LogP contribution in [-0.4, -0.2) is 53.3 Å². The molecule has 1 N–H and O–H groups in total. The van der Waals surface area contributed by atoms with Gasteiger partial charge < -0.3 is 14.7 Å². The topological polar surface area (TPSA) is 70.1 Å². The van der Waals surface area contributed by atoms with Crippen molar-refractivity contribution in [1.82, 2.24) is 4.90 Å². The minimum atomic E-state index is -4.81. The summed E-state index contributed by atoms with van der Waals surface area (Å²) in [6.07, 6.45) is -5.70. The van der Waals surface area contributed by atoms with Crippen molar-refractivity contribution in [2.75, 3.05) is 24.5 Å². The molecule has 0 aromatic heterocycles. The number of carboxylic acid groups (broad SMARTS) is 1. The number of nitrogens with zero attached hydrogens (tertiary/aromatic N) is 2. The molecule has 6 nitrogen and oxygen atoms in total. The Balaban J connectivity index is 2.33. The molecule has 0 unspecified atom stereocenters. The van der Waals surface area contributed by atoms with Gasteiger partial charge >= 0.3 is 18.2 Å². The Bertz CT molecular complexity index is 731. The lowest BCUT2D eigenvalue weighted by molar-refractivity contribution is -0.143. The molecule has 1 saturated heterocycles. The van der Waals surface area contributed by atoms with Crippen LogP contribution in [0.2, 0.25) is 0 Å². The molecular weight excluding hydrogens is 372 g/mol. The molecule has 1 aliphatic heterocycles. The number of piperazine rings is 1. The van der Waals surface area contributed by atoms with E-state index in [-0.39, 0.29) is 13.1 Å². The molecule has 1 amide bonds. The molecule has 10 heteroatoms. The van der Waals surface area contributed by atoms with Crippen molar-refractivity contribution in [3.05, 3.63) is 29.6 Å². The van der Waals surface area contributed by atoms with Crippen molar-refractivity contribution < 1.29 is 37.0 Å². The van der Waals surface area contributed by atoms with Gasteiger partial charge in [0.2, 0.25) is 0 Å². The fourth-order valence-corrected chi connectivity index (χ4v) is 2.80. The lowest BCUT2D eigenvalue weighted by atomic mass is 10.1. The molecule has 27 heavy (non-hydrogen) atoms. The van der Waals surface area contributed by atoms with Gasteiger partial charge in [-0.3, -0.25) is 4.90 Å². The van der Waals surface area contributed by atoms with Crippen molar-refractivity contribution in [3.63, 3.8) is 0 Å². The zero-order valence-electron chi connectivity index (χ0n) is 15.0. The first-order chi connectivity index (χ1) is 12.3. The van der Waals surface area contributed by atoms with Crippen LogP contribution >= 0.6 is 0 Å². The number of alkyl halides is 3. The SMILES string of the molecule is CC(C)(C)OC(=O)N1CCN(c2c(F)cccc2C(F)(F)F)C[C@H]1C(=O)O. The average Bonchev–Trinajstić information content (AvgIpc) is 2.51. The molecule has 0 radical (unpaired) electrons. The second-order valence-electron chi connectivity index (χ2n) is 7.11.